The van der Waals surface area contributed by atoms with Crippen molar-refractivity contribution in [3.8, 4) is 11.5 Å². The second kappa shape index (κ2) is 7.33. The minimum Gasteiger partial charge on any atom is -0.457 e. The van der Waals surface area contributed by atoms with Crippen LogP contribution in [-0.4, -0.2) is 12.7 Å². The van der Waals surface area contributed by atoms with Gasteiger partial charge in [0.2, 0.25) is 0 Å². The highest BCUT2D eigenvalue weighted by atomic mass is 16.5. The highest BCUT2D eigenvalue weighted by Gasteiger charge is 2.03. The molecule has 0 aliphatic rings. The van der Waals surface area contributed by atoms with Gasteiger partial charge in [0.05, 0.1) is 6.61 Å². The van der Waals surface area contributed by atoms with E-state index in [1.54, 1.807) is 24.3 Å². The van der Waals surface area contributed by atoms with Gasteiger partial charge < -0.3 is 9.47 Å². The number of carbonyl (C=O) groups is 1. The zero-order chi connectivity index (χ0) is 15.1. The van der Waals surface area contributed by atoms with Crippen molar-refractivity contribution in [3.63, 3.8) is 0 Å². The van der Waals surface area contributed by atoms with E-state index in [-0.39, 0.29) is 0 Å². The number of rotatable bonds is 5. The van der Waals surface area contributed by atoms with Crippen molar-refractivity contribution in [3.05, 3.63) is 54.1 Å². The maximum Gasteiger partial charge on any atom is 0.411 e. The molecule has 4 heteroatoms. The van der Waals surface area contributed by atoms with Gasteiger partial charge in [-0.3, -0.25) is 5.32 Å². The Kier molecular flexibility index (Phi) is 5.21. The predicted octanol–water partition coefficient (Wildman–Crippen LogP) is 4.75. The zero-order valence-corrected chi connectivity index (χ0v) is 12.3. The average Bonchev–Trinajstić information content (AvgIpc) is 2.49. The minimum atomic E-state index is -0.441. The second-order valence-electron chi connectivity index (χ2n) is 4.70. The Morgan fingerprint density at radius 2 is 1.57 bits per heavy atom. The number of aryl methyl sites for hydroxylation is 1. The van der Waals surface area contributed by atoms with Crippen molar-refractivity contribution < 1.29 is 14.3 Å². The standard InChI is InChI=1S/C17H19NO3/c1-3-12-20-17(19)18-14-6-10-16(11-7-14)21-15-8-4-13(2)5-9-15/h4-11H,3,12H2,1-2H3,(H,18,19). The van der Waals surface area contributed by atoms with E-state index in [1.165, 1.54) is 5.56 Å². The van der Waals surface area contributed by atoms with Crippen LogP contribution in [0.3, 0.4) is 0 Å². The van der Waals surface area contributed by atoms with Gasteiger partial charge in [0.25, 0.3) is 0 Å². The molecule has 2 aromatic carbocycles. The normalized spacial score (nSPS) is 10.0. The van der Waals surface area contributed by atoms with Crippen molar-refractivity contribution in [1.29, 1.82) is 0 Å². The molecule has 2 aromatic rings. The summed E-state index contributed by atoms with van der Waals surface area (Å²) in [6.45, 7) is 4.40. The third-order valence-corrected chi connectivity index (χ3v) is 2.79. The molecule has 1 N–H and O–H groups in total. The summed E-state index contributed by atoms with van der Waals surface area (Å²) in [5.41, 5.74) is 1.86. The van der Waals surface area contributed by atoms with Crippen molar-refractivity contribution in [2.24, 2.45) is 0 Å². The van der Waals surface area contributed by atoms with Crippen LogP contribution in [0.15, 0.2) is 48.5 Å². The molecule has 0 saturated carbocycles. The van der Waals surface area contributed by atoms with Gasteiger partial charge in [-0.15, -0.1) is 0 Å². The lowest BCUT2D eigenvalue weighted by Crippen LogP contribution is -2.13. The fraction of sp³-hybridized carbons (Fsp3) is 0.235. The number of hydrogen-bond acceptors (Lipinski definition) is 3. The van der Waals surface area contributed by atoms with Crippen molar-refractivity contribution >= 4 is 11.8 Å². The molecular weight excluding hydrogens is 266 g/mol. The van der Waals surface area contributed by atoms with Crippen molar-refractivity contribution in [2.45, 2.75) is 20.3 Å². The van der Waals surface area contributed by atoms with E-state index in [9.17, 15) is 4.79 Å². The van der Waals surface area contributed by atoms with Crippen molar-refractivity contribution in [2.75, 3.05) is 11.9 Å². The summed E-state index contributed by atoms with van der Waals surface area (Å²) < 4.78 is 10.7. The second-order valence-corrected chi connectivity index (χ2v) is 4.70. The van der Waals surface area contributed by atoms with E-state index in [2.05, 4.69) is 5.32 Å². The molecule has 0 radical (unpaired) electrons. The molecule has 2 rings (SSSR count). The number of hydrogen-bond donors (Lipinski definition) is 1. The Hall–Kier alpha value is -2.49. The maximum absolute atomic E-state index is 11.4. The molecule has 0 fully saturated rings. The minimum absolute atomic E-state index is 0.417. The van der Waals surface area contributed by atoms with Crippen LogP contribution < -0.4 is 10.1 Å². The molecule has 0 aromatic heterocycles. The Bertz CT molecular complexity index is 576. The van der Waals surface area contributed by atoms with E-state index >= 15 is 0 Å². The summed E-state index contributed by atoms with van der Waals surface area (Å²) in [6.07, 6.45) is 0.362. The lowest BCUT2D eigenvalue weighted by atomic mass is 10.2. The molecule has 0 aliphatic heterocycles. The van der Waals surface area contributed by atoms with Gasteiger partial charge in [-0.25, -0.2) is 4.79 Å². The van der Waals surface area contributed by atoms with Crippen LogP contribution in [0.25, 0.3) is 0 Å². The quantitative estimate of drug-likeness (QED) is 0.862. The zero-order valence-electron chi connectivity index (χ0n) is 12.3. The summed E-state index contributed by atoms with van der Waals surface area (Å²) >= 11 is 0. The molecule has 4 nitrogen and oxygen atoms in total. The number of benzene rings is 2. The smallest absolute Gasteiger partial charge is 0.411 e. The SMILES string of the molecule is CCCOC(=O)Nc1ccc(Oc2ccc(C)cc2)cc1. The summed E-state index contributed by atoms with van der Waals surface area (Å²) in [7, 11) is 0. The maximum atomic E-state index is 11.4. The number of carbonyl (C=O) groups excluding carboxylic acids is 1. The van der Waals surface area contributed by atoms with E-state index in [0.717, 1.165) is 12.2 Å². The topological polar surface area (TPSA) is 47.6 Å². The van der Waals surface area contributed by atoms with Crippen LogP contribution in [0, 0.1) is 6.92 Å². The first-order valence-corrected chi connectivity index (χ1v) is 6.96. The van der Waals surface area contributed by atoms with Crippen LogP contribution >= 0.6 is 0 Å². The highest BCUT2D eigenvalue weighted by molar-refractivity contribution is 5.84. The van der Waals surface area contributed by atoms with Crippen LogP contribution in [0.5, 0.6) is 11.5 Å². The molecule has 0 bridgehead atoms. The van der Waals surface area contributed by atoms with Crippen LogP contribution in [0.1, 0.15) is 18.9 Å². The number of anilines is 1. The Morgan fingerprint density at radius 1 is 1.00 bits per heavy atom. The lowest BCUT2D eigenvalue weighted by Gasteiger charge is -2.08. The summed E-state index contributed by atoms with van der Waals surface area (Å²) in [6, 6.07) is 15.0. The Labute approximate surface area is 124 Å². The molecular formula is C17H19NO3. The van der Waals surface area contributed by atoms with Gasteiger partial charge in [0.15, 0.2) is 0 Å². The summed E-state index contributed by atoms with van der Waals surface area (Å²) in [4.78, 5) is 11.4. The first kappa shape index (κ1) is 14.9. The molecule has 110 valence electrons. The predicted molar refractivity (Wildman–Crippen MR) is 83.0 cm³/mol. The molecule has 0 atom stereocenters. The van der Waals surface area contributed by atoms with Gasteiger partial charge in [-0.2, -0.15) is 0 Å². The van der Waals surface area contributed by atoms with Gasteiger partial charge in [-0.05, 0) is 49.7 Å². The number of amides is 1. The first-order valence-electron chi connectivity index (χ1n) is 6.96. The fourth-order valence-corrected chi connectivity index (χ4v) is 1.70. The van der Waals surface area contributed by atoms with Crippen LogP contribution in [0.2, 0.25) is 0 Å². The van der Waals surface area contributed by atoms with Gasteiger partial charge in [0, 0.05) is 5.69 Å². The largest absolute Gasteiger partial charge is 0.457 e. The average molecular weight is 285 g/mol. The van der Waals surface area contributed by atoms with Gasteiger partial charge >= 0.3 is 6.09 Å². The molecule has 1 amide bonds. The lowest BCUT2D eigenvalue weighted by molar-refractivity contribution is 0.161. The molecule has 0 saturated heterocycles. The van der Waals surface area contributed by atoms with E-state index in [4.69, 9.17) is 9.47 Å². The van der Waals surface area contributed by atoms with Gasteiger partial charge in [-0.1, -0.05) is 24.6 Å². The van der Waals surface area contributed by atoms with E-state index in [1.807, 2.05) is 38.1 Å². The highest BCUT2D eigenvalue weighted by Crippen LogP contribution is 2.23. The molecule has 0 aliphatic carbocycles. The number of ether oxygens (including phenoxy) is 2. The Balaban J connectivity index is 1.92. The third kappa shape index (κ3) is 4.84. The van der Waals surface area contributed by atoms with Gasteiger partial charge in [0.1, 0.15) is 11.5 Å². The molecule has 0 spiro atoms. The third-order valence-electron chi connectivity index (χ3n) is 2.79. The Morgan fingerprint density at radius 3 is 2.14 bits per heavy atom. The van der Waals surface area contributed by atoms with E-state index in [0.29, 0.717) is 18.0 Å². The van der Waals surface area contributed by atoms with Crippen LogP contribution in [-0.2, 0) is 4.74 Å². The first-order chi connectivity index (χ1) is 10.2. The molecule has 0 heterocycles. The van der Waals surface area contributed by atoms with Crippen LogP contribution in [0.4, 0.5) is 10.5 Å². The number of nitrogens with one attached hydrogen (secondary N) is 1. The summed E-state index contributed by atoms with van der Waals surface area (Å²) in [5, 5.41) is 2.66. The molecule has 0 unspecified atom stereocenters. The fourth-order valence-electron chi connectivity index (χ4n) is 1.70. The summed E-state index contributed by atoms with van der Waals surface area (Å²) in [5.74, 6) is 1.50. The molecule has 21 heavy (non-hydrogen) atoms. The van der Waals surface area contributed by atoms with E-state index < -0.39 is 6.09 Å². The monoisotopic (exact) mass is 285 g/mol. The van der Waals surface area contributed by atoms with Crippen molar-refractivity contribution in [1.82, 2.24) is 0 Å².